The van der Waals surface area contributed by atoms with E-state index in [9.17, 15) is 9.59 Å². The van der Waals surface area contributed by atoms with Crippen molar-refractivity contribution in [2.24, 2.45) is 5.73 Å². The van der Waals surface area contributed by atoms with Gasteiger partial charge in [0.25, 0.3) is 0 Å². The number of nitrogens with zero attached hydrogens (tertiary/aromatic N) is 2. The van der Waals surface area contributed by atoms with Crippen LogP contribution in [-0.4, -0.2) is 43.4 Å². The summed E-state index contributed by atoms with van der Waals surface area (Å²) in [5, 5.41) is 0. The van der Waals surface area contributed by atoms with Crippen LogP contribution >= 0.6 is 0 Å². The molecule has 0 unspecified atom stereocenters. The van der Waals surface area contributed by atoms with Crippen LogP contribution in [0.4, 0.5) is 5.69 Å². The Morgan fingerprint density at radius 3 is 2.50 bits per heavy atom. The standard InChI is InChI=1S/C15H21N3O2/c1-17-14(19)10-18(11-15(17)20)13-7-4-6-12(9-13)5-2-3-8-16/h4,6-7,9H,2-3,5,8,10-11,16H2,1H3. The Bertz CT molecular complexity index is 484. The number of likely N-dealkylation sites (N-methyl/N-ethyl adjacent to an activating group) is 1. The van der Waals surface area contributed by atoms with Crippen LogP contribution in [-0.2, 0) is 16.0 Å². The smallest absolute Gasteiger partial charge is 0.248 e. The molecule has 1 aliphatic rings. The zero-order valence-corrected chi connectivity index (χ0v) is 11.8. The second-order valence-electron chi connectivity index (χ2n) is 5.12. The number of hydrogen-bond acceptors (Lipinski definition) is 4. The molecule has 1 saturated heterocycles. The van der Waals surface area contributed by atoms with Crippen molar-refractivity contribution in [2.75, 3.05) is 31.6 Å². The highest BCUT2D eigenvalue weighted by atomic mass is 16.2. The average Bonchev–Trinajstić information content (AvgIpc) is 2.45. The zero-order chi connectivity index (χ0) is 14.5. The molecule has 2 amide bonds. The van der Waals surface area contributed by atoms with Gasteiger partial charge < -0.3 is 10.6 Å². The number of benzene rings is 1. The topological polar surface area (TPSA) is 66.6 Å². The number of carbonyl (C=O) groups excluding carboxylic acids is 2. The minimum Gasteiger partial charge on any atom is -0.353 e. The predicted molar refractivity (Wildman–Crippen MR) is 78.4 cm³/mol. The van der Waals surface area contributed by atoms with Crippen molar-refractivity contribution in [1.82, 2.24) is 4.90 Å². The normalized spacial score (nSPS) is 15.9. The fourth-order valence-electron chi connectivity index (χ4n) is 2.30. The minimum atomic E-state index is -0.158. The maximum absolute atomic E-state index is 11.7. The van der Waals surface area contributed by atoms with Gasteiger partial charge in [-0.3, -0.25) is 14.5 Å². The largest absolute Gasteiger partial charge is 0.353 e. The van der Waals surface area contributed by atoms with Crippen LogP contribution < -0.4 is 10.6 Å². The monoisotopic (exact) mass is 275 g/mol. The highest BCUT2D eigenvalue weighted by Crippen LogP contribution is 2.19. The fraction of sp³-hybridized carbons (Fsp3) is 0.467. The number of hydrogen-bond donors (Lipinski definition) is 1. The Morgan fingerprint density at radius 2 is 1.85 bits per heavy atom. The summed E-state index contributed by atoms with van der Waals surface area (Å²) < 4.78 is 0. The Kier molecular flexibility index (Phi) is 4.74. The molecule has 0 aliphatic carbocycles. The van der Waals surface area contributed by atoms with E-state index in [2.05, 4.69) is 12.1 Å². The van der Waals surface area contributed by atoms with Gasteiger partial charge in [0.15, 0.2) is 0 Å². The molecule has 0 radical (unpaired) electrons. The number of aryl methyl sites for hydroxylation is 1. The van der Waals surface area contributed by atoms with E-state index in [1.165, 1.54) is 17.5 Å². The van der Waals surface area contributed by atoms with Crippen molar-refractivity contribution in [3.05, 3.63) is 29.8 Å². The van der Waals surface area contributed by atoms with Gasteiger partial charge in [-0.05, 0) is 43.5 Å². The molecule has 1 heterocycles. The SMILES string of the molecule is CN1C(=O)CN(c2cccc(CCCCN)c2)CC1=O. The lowest BCUT2D eigenvalue weighted by molar-refractivity contribution is -0.143. The third-order valence-corrected chi connectivity index (χ3v) is 3.60. The molecule has 0 bridgehead atoms. The molecule has 20 heavy (non-hydrogen) atoms. The number of amides is 2. The number of carbonyl (C=O) groups is 2. The average molecular weight is 275 g/mol. The van der Waals surface area contributed by atoms with Gasteiger partial charge in [0.1, 0.15) is 0 Å². The first-order valence-electron chi connectivity index (χ1n) is 6.95. The highest BCUT2D eigenvalue weighted by molar-refractivity contribution is 6.02. The number of anilines is 1. The van der Waals surface area contributed by atoms with Gasteiger partial charge in [0.2, 0.25) is 11.8 Å². The molecule has 5 nitrogen and oxygen atoms in total. The Hall–Kier alpha value is -1.88. The lowest BCUT2D eigenvalue weighted by Gasteiger charge is -2.32. The van der Waals surface area contributed by atoms with Crippen LogP contribution in [0.1, 0.15) is 18.4 Å². The summed E-state index contributed by atoms with van der Waals surface area (Å²) in [4.78, 5) is 26.5. The summed E-state index contributed by atoms with van der Waals surface area (Å²) in [5.41, 5.74) is 7.65. The summed E-state index contributed by atoms with van der Waals surface area (Å²) in [6, 6.07) is 8.04. The molecule has 108 valence electrons. The second kappa shape index (κ2) is 6.52. The van der Waals surface area contributed by atoms with E-state index in [1.807, 2.05) is 17.0 Å². The van der Waals surface area contributed by atoms with Gasteiger partial charge in [-0.15, -0.1) is 0 Å². The minimum absolute atomic E-state index is 0.158. The van der Waals surface area contributed by atoms with E-state index in [0.29, 0.717) is 6.54 Å². The van der Waals surface area contributed by atoms with E-state index in [-0.39, 0.29) is 24.9 Å². The van der Waals surface area contributed by atoms with Crippen molar-refractivity contribution in [3.63, 3.8) is 0 Å². The van der Waals surface area contributed by atoms with Crippen molar-refractivity contribution < 1.29 is 9.59 Å². The van der Waals surface area contributed by atoms with E-state index in [4.69, 9.17) is 5.73 Å². The number of unbranched alkanes of at least 4 members (excludes halogenated alkanes) is 1. The molecule has 0 aromatic heterocycles. The quantitative estimate of drug-likeness (QED) is 0.637. The number of piperazine rings is 1. The predicted octanol–water partition coefficient (Wildman–Crippen LogP) is 0.773. The molecule has 0 spiro atoms. The van der Waals surface area contributed by atoms with Crippen LogP contribution in [0.2, 0.25) is 0 Å². The lowest BCUT2D eigenvalue weighted by Crippen LogP contribution is -2.52. The van der Waals surface area contributed by atoms with Gasteiger partial charge >= 0.3 is 0 Å². The third-order valence-electron chi connectivity index (χ3n) is 3.60. The summed E-state index contributed by atoms with van der Waals surface area (Å²) in [5.74, 6) is -0.315. The van der Waals surface area contributed by atoms with Gasteiger partial charge in [0, 0.05) is 12.7 Å². The molecule has 1 aromatic rings. The summed E-state index contributed by atoms with van der Waals surface area (Å²) in [7, 11) is 1.53. The molecule has 2 N–H and O–H groups in total. The molecular formula is C15H21N3O2. The molecule has 5 heteroatoms. The van der Waals surface area contributed by atoms with Crippen molar-refractivity contribution in [1.29, 1.82) is 0 Å². The van der Waals surface area contributed by atoms with E-state index in [1.54, 1.807) is 0 Å². The number of nitrogens with two attached hydrogens (primary N) is 1. The van der Waals surface area contributed by atoms with E-state index >= 15 is 0 Å². The maximum atomic E-state index is 11.7. The molecule has 1 aliphatic heterocycles. The first kappa shape index (κ1) is 14.5. The van der Waals surface area contributed by atoms with Crippen molar-refractivity contribution in [3.8, 4) is 0 Å². The Morgan fingerprint density at radius 1 is 1.15 bits per heavy atom. The maximum Gasteiger partial charge on any atom is 0.248 e. The Labute approximate surface area is 119 Å². The third kappa shape index (κ3) is 3.36. The fourth-order valence-corrected chi connectivity index (χ4v) is 2.30. The van der Waals surface area contributed by atoms with Gasteiger partial charge in [-0.2, -0.15) is 0 Å². The molecule has 1 aromatic carbocycles. The van der Waals surface area contributed by atoms with Crippen LogP contribution in [0, 0.1) is 0 Å². The Balaban J connectivity index is 2.07. The highest BCUT2D eigenvalue weighted by Gasteiger charge is 2.28. The summed E-state index contributed by atoms with van der Waals surface area (Å²) >= 11 is 0. The zero-order valence-electron chi connectivity index (χ0n) is 11.8. The lowest BCUT2D eigenvalue weighted by atomic mass is 10.1. The van der Waals surface area contributed by atoms with Crippen LogP contribution in [0.25, 0.3) is 0 Å². The molecular weight excluding hydrogens is 254 g/mol. The first-order chi connectivity index (χ1) is 9.61. The molecule has 2 rings (SSSR count). The summed E-state index contributed by atoms with van der Waals surface area (Å²) in [6.07, 6.45) is 3.04. The van der Waals surface area contributed by atoms with Gasteiger partial charge in [-0.1, -0.05) is 12.1 Å². The van der Waals surface area contributed by atoms with Crippen LogP contribution in [0.15, 0.2) is 24.3 Å². The molecule has 0 atom stereocenters. The van der Waals surface area contributed by atoms with Crippen LogP contribution in [0.5, 0.6) is 0 Å². The molecule has 0 saturated carbocycles. The van der Waals surface area contributed by atoms with Crippen molar-refractivity contribution in [2.45, 2.75) is 19.3 Å². The number of rotatable bonds is 5. The van der Waals surface area contributed by atoms with Gasteiger partial charge in [0.05, 0.1) is 13.1 Å². The summed E-state index contributed by atoms with van der Waals surface area (Å²) in [6.45, 7) is 1.23. The first-order valence-corrected chi connectivity index (χ1v) is 6.95. The second-order valence-corrected chi connectivity index (χ2v) is 5.12. The van der Waals surface area contributed by atoms with E-state index < -0.39 is 0 Å². The van der Waals surface area contributed by atoms with E-state index in [0.717, 1.165) is 24.9 Å². The number of imide groups is 1. The van der Waals surface area contributed by atoms with Crippen LogP contribution in [0.3, 0.4) is 0 Å². The van der Waals surface area contributed by atoms with Gasteiger partial charge in [-0.25, -0.2) is 0 Å². The molecule has 1 fully saturated rings. The van der Waals surface area contributed by atoms with Crippen molar-refractivity contribution >= 4 is 17.5 Å².